The van der Waals surface area contributed by atoms with E-state index in [-0.39, 0.29) is 0 Å². The van der Waals surface area contributed by atoms with Gasteiger partial charge in [0.05, 0.1) is 11.6 Å². The highest BCUT2D eigenvalue weighted by Crippen LogP contribution is 2.24. The molecule has 3 rings (SSSR count). The molecule has 0 aliphatic carbocycles. The van der Waals surface area contributed by atoms with Gasteiger partial charge in [-0.2, -0.15) is 10.2 Å². The first-order valence-electron chi connectivity index (χ1n) is 8.02. The second-order valence-electron chi connectivity index (χ2n) is 6.20. The summed E-state index contributed by atoms with van der Waals surface area (Å²) in [5.41, 5.74) is 2.38. The molecule has 1 unspecified atom stereocenters. The molecule has 2 aromatic rings. The van der Waals surface area contributed by atoms with E-state index in [1.54, 1.807) is 12.1 Å². The summed E-state index contributed by atoms with van der Waals surface area (Å²) >= 11 is 0. The van der Waals surface area contributed by atoms with Gasteiger partial charge >= 0.3 is 0 Å². The molecule has 1 aliphatic rings. The maximum atomic E-state index is 9.00. The first-order chi connectivity index (χ1) is 11.1. The highest BCUT2D eigenvalue weighted by molar-refractivity contribution is 5.58. The predicted octanol–water partition coefficient (Wildman–Crippen LogP) is 3.64. The number of nitrogens with zero attached hydrogens (tertiary/aromatic N) is 4. The topological polar surface area (TPSA) is 64.8 Å². The zero-order valence-electron chi connectivity index (χ0n) is 13.6. The number of anilines is 3. The summed E-state index contributed by atoms with van der Waals surface area (Å²) in [5, 5.41) is 12.2. The molecular weight excluding hydrogens is 286 g/mol. The smallest absolute Gasteiger partial charge is 0.229 e. The zero-order valence-corrected chi connectivity index (χ0v) is 13.6. The lowest BCUT2D eigenvalue weighted by molar-refractivity contribution is 0.444. The zero-order chi connectivity index (χ0) is 16.2. The largest absolute Gasteiger partial charge is 0.356 e. The molecule has 1 aromatic heterocycles. The van der Waals surface area contributed by atoms with E-state index in [0.29, 0.717) is 17.4 Å². The minimum Gasteiger partial charge on any atom is -0.356 e. The highest BCUT2D eigenvalue weighted by atomic mass is 15.2. The monoisotopic (exact) mass is 307 g/mol. The van der Waals surface area contributed by atoms with E-state index in [2.05, 4.69) is 33.2 Å². The second kappa shape index (κ2) is 6.66. The van der Waals surface area contributed by atoms with E-state index < -0.39 is 0 Å². The third-order valence-electron chi connectivity index (χ3n) is 4.07. The van der Waals surface area contributed by atoms with Gasteiger partial charge in [-0.3, -0.25) is 0 Å². The van der Waals surface area contributed by atoms with Crippen LogP contribution in [0.2, 0.25) is 0 Å². The Labute approximate surface area is 137 Å². The molecule has 1 aliphatic heterocycles. The molecule has 0 amide bonds. The second-order valence-corrected chi connectivity index (χ2v) is 6.20. The third kappa shape index (κ3) is 3.78. The molecule has 1 saturated heterocycles. The average molecular weight is 307 g/mol. The fourth-order valence-electron chi connectivity index (χ4n) is 2.96. The Bertz CT molecular complexity index is 734. The van der Waals surface area contributed by atoms with E-state index in [1.807, 2.05) is 25.1 Å². The molecule has 1 aromatic carbocycles. The van der Waals surface area contributed by atoms with E-state index in [4.69, 9.17) is 5.26 Å². The van der Waals surface area contributed by atoms with Crippen LogP contribution in [-0.4, -0.2) is 23.1 Å². The number of piperidine rings is 1. The summed E-state index contributed by atoms with van der Waals surface area (Å²) in [6.07, 6.45) is 2.49. The molecule has 118 valence electrons. The van der Waals surface area contributed by atoms with Gasteiger partial charge in [-0.05, 0) is 43.9 Å². The maximum absolute atomic E-state index is 9.00. The first-order valence-corrected chi connectivity index (χ1v) is 8.02. The van der Waals surface area contributed by atoms with Crippen LogP contribution in [-0.2, 0) is 0 Å². The number of nitrogens with one attached hydrogen (secondary N) is 1. The summed E-state index contributed by atoms with van der Waals surface area (Å²) in [7, 11) is 0. The van der Waals surface area contributed by atoms with E-state index >= 15 is 0 Å². The molecule has 23 heavy (non-hydrogen) atoms. The van der Waals surface area contributed by atoms with Crippen molar-refractivity contribution in [1.29, 1.82) is 5.26 Å². The van der Waals surface area contributed by atoms with Crippen LogP contribution >= 0.6 is 0 Å². The van der Waals surface area contributed by atoms with Crippen molar-refractivity contribution >= 4 is 17.5 Å². The molecule has 0 bridgehead atoms. The van der Waals surface area contributed by atoms with Gasteiger partial charge in [-0.1, -0.05) is 13.0 Å². The number of aromatic nitrogens is 2. The number of nitriles is 1. The molecule has 0 radical (unpaired) electrons. The van der Waals surface area contributed by atoms with Gasteiger partial charge < -0.3 is 10.2 Å². The van der Waals surface area contributed by atoms with Crippen molar-refractivity contribution in [3.8, 4) is 6.07 Å². The van der Waals surface area contributed by atoms with Crippen LogP contribution in [0.4, 0.5) is 17.5 Å². The third-order valence-corrected chi connectivity index (χ3v) is 4.07. The normalized spacial score (nSPS) is 17.6. The van der Waals surface area contributed by atoms with Gasteiger partial charge in [-0.25, -0.2) is 4.98 Å². The van der Waals surface area contributed by atoms with Gasteiger partial charge in [0.2, 0.25) is 5.95 Å². The minimum absolute atomic E-state index is 0.577. The Kier molecular flexibility index (Phi) is 4.42. The number of rotatable bonds is 3. The Morgan fingerprint density at radius 2 is 2.17 bits per heavy atom. The quantitative estimate of drug-likeness (QED) is 0.938. The fraction of sp³-hybridized carbons (Fsp3) is 0.389. The van der Waals surface area contributed by atoms with Crippen molar-refractivity contribution in [3.05, 3.63) is 41.6 Å². The van der Waals surface area contributed by atoms with E-state index in [1.165, 1.54) is 12.8 Å². The van der Waals surface area contributed by atoms with Crippen LogP contribution in [0.1, 0.15) is 31.0 Å². The average Bonchev–Trinajstić information content (AvgIpc) is 2.54. The standard InChI is InChI=1S/C18H21N5/c1-13-5-4-8-23(12-13)17-9-14(2)20-18(22-17)21-16-7-3-6-15(10-16)11-19/h3,6-7,9-10,13H,4-5,8,12H2,1-2H3,(H,20,21,22). The first kappa shape index (κ1) is 15.3. The Hall–Kier alpha value is -2.61. The summed E-state index contributed by atoms with van der Waals surface area (Å²) in [5.74, 6) is 2.25. The Morgan fingerprint density at radius 3 is 2.96 bits per heavy atom. The summed E-state index contributed by atoms with van der Waals surface area (Å²) in [4.78, 5) is 11.5. The van der Waals surface area contributed by atoms with Crippen LogP contribution in [0, 0.1) is 24.2 Å². The van der Waals surface area contributed by atoms with Crippen LogP contribution in [0.25, 0.3) is 0 Å². The minimum atomic E-state index is 0.577. The summed E-state index contributed by atoms with van der Waals surface area (Å²) in [6, 6.07) is 11.5. The van der Waals surface area contributed by atoms with E-state index in [9.17, 15) is 0 Å². The van der Waals surface area contributed by atoms with Gasteiger partial charge in [0.1, 0.15) is 5.82 Å². The fourth-order valence-corrected chi connectivity index (χ4v) is 2.96. The Balaban J connectivity index is 1.84. The van der Waals surface area contributed by atoms with Crippen molar-refractivity contribution < 1.29 is 0 Å². The van der Waals surface area contributed by atoms with Crippen molar-refractivity contribution in [2.45, 2.75) is 26.7 Å². The van der Waals surface area contributed by atoms with Crippen molar-refractivity contribution in [2.75, 3.05) is 23.3 Å². The lowest BCUT2D eigenvalue weighted by atomic mass is 10.0. The predicted molar refractivity (Wildman–Crippen MR) is 91.8 cm³/mol. The number of hydrogen-bond donors (Lipinski definition) is 1. The van der Waals surface area contributed by atoms with Crippen LogP contribution in [0.15, 0.2) is 30.3 Å². The molecule has 1 N–H and O–H groups in total. The summed E-state index contributed by atoms with van der Waals surface area (Å²) in [6.45, 7) is 6.35. The molecule has 1 fully saturated rings. The highest BCUT2D eigenvalue weighted by Gasteiger charge is 2.18. The summed E-state index contributed by atoms with van der Waals surface area (Å²) < 4.78 is 0. The lowest BCUT2D eigenvalue weighted by Crippen LogP contribution is -2.35. The maximum Gasteiger partial charge on any atom is 0.229 e. The number of benzene rings is 1. The molecule has 5 nitrogen and oxygen atoms in total. The Morgan fingerprint density at radius 1 is 1.30 bits per heavy atom. The number of aryl methyl sites for hydroxylation is 1. The molecule has 0 spiro atoms. The molecule has 5 heteroatoms. The van der Waals surface area contributed by atoms with Gasteiger partial charge in [-0.15, -0.1) is 0 Å². The molecular formula is C18H21N5. The van der Waals surface area contributed by atoms with Crippen molar-refractivity contribution in [3.63, 3.8) is 0 Å². The van der Waals surface area contributed by atoms with Crippen LogP contribution in [0.5, 0.6) is 0 Å². The van der Waals surface area contributed by atoms with Gasteiger partial charge in [0, 0.05) is 30.5 Å². The van der Waals surface area contributed by atoms with Gasteiger partial charge in [0.15, 0.2) is 0 Å². The van der Waals surface area contributed by atoms with E-state index in [0.717, 1.165) is 30.3 Å². The number of hydrogen-bond acceptors (Lipinski definition) is 5. The SMILES string of the molecule is Cc1cc(N2CCCC(C)C2)nc(Nc2cccc(C#N)c2)n1. The lowest BCUT2D eigenvalue weighted by Gasteiger charge is -2.32. The molecule has 2 heterocycles. The van der Waals surface area contributed by atoms with Gasteiger partial charge in [0.25, 0.3) is 0 Å². The van der Waals surface area contributed by atoms with Crippen molar-refractivity contribution in [2.24, 2.45) is 5.92 Å². The van der Waals surface area contributed by atoms with Crippen molar-refractivity contribution in [1.82, 2.24) is 9.97 Å². The molecule has 0 saturated carbocycles. The molecule has 1 atom stereocenters. The van der Waals surface area contributed by atoms with Crippen LogP contribution in [0.3, 0.4) is 0 Å². The van der Waals surface area contributed by atoms with Crippen LogP contribution < -0.4 is 10.2 Å².